The van der Waals surface area contributed by atoms with Crippen molar-refractivity contribution in [1.82, 2.24) is 19.7 Å². The summed E-state index contributed by atoms with van der Waals surface area (Å²) in [5, 5.41) is 9.25. The van der Waals surface area contributed by atoms with Gasteiger partial charge in [-0.1, -0.05) is 31.0 Å². The van der Waals surface area contributed by atoms with Crippen LogP contribution < -0.4 is 0 Å². The number of carbonyl (C=O) groups is 1. The average molecular weight is 296 g/mol. The summed E-state index contributed by atoms with van der Waals surface area (Å²) in [6, 6.07) is 0.503. The van der Waals surface area contributed by atoms with Gasteiger partial charge in [0.05, 0.1) is 5.25 Å². The van der Waals surface area contributed by atoms with Crippen molar-refractivity contribution >= 4 is 17.7 Å². The first kappa shape index (κ1) is 15.4. The fourth-order valence-electron chi connectivity index (χ4n) is 2.76. The Hall–Kier alpha value is -1.04. The third-order valence-corrected chi connectivity index (χ3v) is 4.89. The molecule has 0 aromatic carbocycles. The smallest absolute Gasteiger partial charge is 0.235 e. The number of rotatable bonds is 4. The van der Waals surface area contributed by atoms with E-state index in [9.17, 15) is 4.79 Å². The molecule has 112 valence electrons. The molecule has 1 unspecified atom stereocenters. The molecule has 6 heteroatoms. The number of aromatic nitrogens is 3. The van der Waals surface area contributed by atoms with E-state index in [0.717, 1.165) is 11.0 Å². The summed E-state index contributed by atoms with van der Waals surface area (Å²) in [5.41, 5.74) is 0. The van der Waals surface area contributed by atoms with Crippen LogP contribution in [0.1, 0.15) is 50.9 Å². The lowest BCUT2D eigenvalue weighted by Crippen LogP contribution is -2.30. The molecule has 2 rings (SSSR count). The van der Waals surface area contributed by atoms with E-state index < -0.39 is 0 Å². The van der Waals surface area contributed by atoms with Gasteiger partial charge in [0.25, 0.3) is 0 Å². The van der Waals surface area contributed by atoms with Crippen molar-refractivity contribution in [2.75, 3.05) is 14.1 Å². The molecule has 1 atom stereocenters. The zero-order valence-electron chi connectivity index (χ0n) is 12.8. The molecule has 1 aromatic rings. The molecule has 1 amide bonds. The molecule has 1 aromatic heterocycles. The van der Waals surface area contributed by atoms with Crippen molar-refractivity contribution in [3.8, 4) is 0 Å². The number of hydrogen-bond donors (Lipinski definition) is 0. The van der Waals surface area contributed by atoms with Crippen molar-refractivity contribution < 1.29 is 4.79 Å². The minimum Gasteiger partial charge on any atom is -0.348 e. The number of hydrogen-bond acceptors (Lipinski definition) is 4. The molecular weight excluding hydrogens is 272 g/mol. The van der Waals surface area contributed by atoms with Crippen LogP contribution in [0.5, 0.6) is 0 Å². The molecule has 0 radical (unpaired) electrons. The zero-order valence-corrected chi connectivity index (χ0v) is 13.6. The average Bonchev–Trinajstić information content (AvgIpc) is 2.79. The fourth-order valence-corrected chi connectivity index (χ4v) is 3.87. The molecule has 1 heterocycles. The van der Waals surface area contributed by atoms with E-state index in [-0.39, 0.29) is 11.2 Å². The number of carbonyl (C=O) groups excluding carboxylic acids is 1. The second kappa shape index (κ2) is 6.61. The third kappa shape index (κ3) is 3.34. The van der Waals surface area contributed by atoms with Crippen molar-refractivity contribution in [1.29, 1.82) is 0 Å². The topological polar surface area (TPSA) is 51.0 Å². The molecule has 0 aliphatic heterocycles. The van der Waals surface area contributed by atoms with Crippen molar-refractivity contribution in [3.63, 3.8) is 0 Å². The Labute approximate surface area is 125 Å². The summed E-state index contributed by atoms with van der Waals surface area (Å²) in [7, 11) is 3.58. The van der Waals surface area contributed by atoms with E-state index in [2.05, 4.69) is 14.8 Å². The number of nitrogens with zero attached hydrogens (tertiary/aromatic N) is 4. The summed E-state index contributed by atoms with van der Waals surface area (Å²) >= 11 is 1.52. The molecule has 1 fully saturated rings. The first-order chi connectivity index (χ1) is 9.50. The molecule has 0 bridgehead atoms. The van der Waals surface area contributed by atoms with Crippen LogP contribution in [0.3, 0.4) is 0 Å². The van der Waals surface area contributed by atoms with E-state index in [1.165, 1.54) is 43.9 Å². The molecule has 1 saturated carbocycles. The highest BCUT2D eigenvalue weighted by Gasteiger charge is 2.24. The minimum absolute atomic E-state index is 0.117. The Kier molecular flexibility index (Phi) is 5.07. The highest BCUT2D eigenvalue weighted by atomic mass is 32.2. The lowest BCUT2D eigenvalue weighted by molar-refractivity contribution is -0.127. The predicted molar refractivity (Wildman–Crippen MR) is 80.9 cm³/mol. The Morgan fingerprint density at radius 3 is 2.55 bits per heavy atom. The number of aryl methyl sites for hydroxylation is 1. The highest BCUT2D eigenvalue weighted by Crippen LogP contribution is 2.33. The van der Waals surface area contributed by atoms with Gasteiger partial charge in [0.15, 0.2) is 5.16 Å². The van der Waals surface area contributed by atoms with Crippen LogP contribution in [0, 0.1) is 6.92 Å². The summed E-state index contributed by atoms with van der Waals surface area (Å²) in [6.45, 7) is 3.94. The van der Waals surface area contributed by atoms with Gasteiger partial charge in [-0.3, -0.25) is 4.79 Å². The maximum absolute atomic E-state index is 12.0. The largest absolute Gasteiger partial charge is 0.348 e. The first-order valence-electron chi connectivity index (χ1n) is 7.30. The van der Waals surface area contributed by atoms with Crippen LogP contribution in [0.25, 0.3) is 0 Å². The van der Waals surface area contributed by atoms with Crippen molar-refractivity contribution in [2.24, 2.45) is 0 Å². The van der Waals surface area contributed by atoms with Gasteiger partial charge in [-0.25, -0.2) is 0 Å². The van der Waals surface area contributed by atoms with Crippen molar-refractivity contribution in [3.05, 3.63) is 5.82 Å². The third-order valence-electron chi connectivity index (χ3n) is 3.85. The van der Waals surface area contributed by atoms with Crippen LogP contribution in [-0.2, 0) is 4.79 Å². The standard InChI is InChI=1S/C14H24N4OS/c1-10(13(19)17(3)4)20-14-16-15-11(2)18(14)12-8-6-5-7-9-12/h10,12H,5-9H2,1-4H3. The van der Waals surface area contributed by atoms with E-state index in [1.54, 1.807) is 19.0 Å². The molecule has 5 nitrogen and oxygen atoms in total. The van der Waals surface area contributed by atoms with E-state index in [4.69, 9.17) is 0 Å². The van der Waals surface area contributed by atoms with Crippen LogP contribution >= 0.6 is 11.8 Å². The van der Waals surface area contributed by atoms with Gasteiger partial charge in [-0.15, -0.1) is 10.2 Å². The fraction of sp³-hybridized carbons (Fsp3) is 0.786. The SMILES string of the molecule is Cc1nnc(SC(C)C(=O)N(C)C)n1C1CCCCC1. The normalized spacial score (nSPS) is 18.0. The summed E-state index contributed by atoms with van der Waals surface area (Å²) in [5.74, 6) is 1.08. The van der Waals surface area contributed by atoms with Gasteiger partial charge in [0.2, 0.25) is 5.91 Å². The van der Waals surface area contributed by atoms with Gasteiger partial charge in [0, 0.05) is 20.1 Å². The molecule has 20 heavy (non-hydrogen) atoms. The zero-order chi connectivity index (χ0) is 14.7. The second-order valence-corrected chi connectivity index (χ2v) is 6.99. The molecular formula is C14H24N4OS. The maximum atomic E-state index is 12.0. The van der Waals surface area contributed by atoms with E-state index in [0.29, 0.717) is 6.04 Å². The lowest BCUT2D eigenvalue weighted by atomic mass is 9.95. The lowest BCUT2D eigenvalue weighted by Gasteiger charge is -2.25. The van der Waals surface area contributed by atoms with Crippen LogP contribution in [0.2, 0.25) is 0 Å². The summed E-state index contributed by atoms with van der Waals surface area (Å²) in [6.07, 6.45) is 6.28. The van der Waals surface area contributed by atoms with Gasteiger partial charge in [-0.05, 0) is 26.7 Å². The first-order valence-corrected chi connectivity index (χ1v) is 8.18. The van der Waals surface area contributed by atoms with Gasteiger partial charge in [-0.2, -0.15) is 0 Å². The molecule has 1 aliphatic carbocycles. The quantitative estimate of drug-likeness (QED) is 0.802. The Morgan fingerprint density at radius 2 is 1.95 bits per heavy atom. The monoisotopic (exact) mass is 296 g/mol. The van der Waals surface area contributed by atoms with Gasteiger partial charge < -0.3 is 9.47 Å². The van der Waals surface area contributed by atoms with Crippen LogP contribution in [-0.4, -0.2) is 44.9 Å². The Balaban J connectivity index is 2.14. The van der Waals surface area contributed by atoms with E-state index >= 15 is 0 Å². The van der Waals surface area contributed by atoms with Crippen LogP contribution in [0.4, 0.5) is 0 Å². The molecule has 0 spiro atoms. The highest BCUT2D eigenvalue weighted by molar-refractivity contribution is 8.00. The van der Waals surface area contributed by atoms with Gasteiger partial charge in [0.1, 0.15) is 5.82 Å². The van der Waals surface area contributed by atoms with Crippen molar-refractivity contribution in [2.45, 2.75) is 62.4 Å². The molecule has 1 aliphatic rings. The Morgan fingerprint density at radius 1 is 1.30 bits per heavy atom. The minimum atomic E-state index is -0.129. The molecule has 0 saturated heterocycles. The Bertz CT molecular complexity index is 466. The number of thioether (sulfide) groups is 1. The van der Waals surface area contributed by atoms with E-state index in [1.807, 2.05) is 13.8 Å². The second-order valence-electron chi connectivity index (χ2n) is 5.68. The molecule has 0 N–H and O–H groups in total. The number of amides is 1. The summed E-state index contributed by atoms with van der Waals surface area (Å²) in [4.78, 5) is 13.6. The predicted octanol–water partition coefficient (Wildman–Crippen LogP) is 2.66. The summed E-state index contributed by atoms with van der Waals surface area (Å²) < 4.78 is 2.24. The van der Waals surface area contributed by atoms with Gasteiger partial charge >= 0.3 is 0 Å². The van der Waals surface area contributed by atoms with Crippen LogP contribution in [0.15, 0.2) is 5.16 Å². The maximum Gasteiger partial charge on any atom is 0.235 e.